The van der Waals surface area contributed by atoms with E-state index in [1.54, 1.807) is 7.11 Å². The molecule has 0 aliphatic heterocycles. The Labute approximate surface area is 145 Å². The lowest BCUT2D eigenvalue weighted by molar-refractivity contribution is 0.128. The number of aliphatic imine (C=N–C) groups is 1. The molecule has 24 heavy (non-hydrogen) atoms. The third-order valence-corrected chi connectivity index (χ3v) is 4.49. The van der Waals surface area contributed by atoms with E-state index in [0.29, 0.717) is 12.0 Å². The lowest BCUT2D eigenvalue weighted by atomic mass is 10.0. The zero-order chi connectivity index (χ0) is 17.3. The molecule has 0 radical (unpaired) electrons. The topological polar surface area (TPSA) is 54.9 Å². The van der Waals surface area contributed by atoms with Gasteiger partial charge in [0.2, 0.25) is 0 Å². The Bertz CT molecular complexity index is 510. The molecule has 1 aliphatic carbocycles. The van der Waals surface area contributed by atoms with Crippen LogP contribution in [0.5, 0.6) is 5.75 Å². The first-order chi connectivity index (χ1) is 11.7. The first-order valence-electron chi connectivity index (χ1n) is 8.94. The van der Waals surface area contributed by atoms with Gasteiger partial charge < -0.3 is 20.1 Å². The minimum atomic E-state index is 0.408. The monoisotopic (exact) mass is 333 g/mol. The number of hydrogen-bond donors (Lipinski definition) is 2. The summed E-state index contributed by atoms with van der Waals surface area (Å²) in [5, 5.41) is 6.83. The number of benzene rings is 1. The molecule has 134 valence electrons. The normalized spacial score (nSPS) is 15.9. The summed E-state index contributed by atoms with van der Waals surface area (Å²) in [6.07, 6.45) is 3.70. The molecule has 5 nitrogen and oxygen atoms in total. The summed E-state index contributed by atoms with van der Waals surface area (Å²) >= 11 is 0. The van der Waals surface area contributed by atoms with Gasteiger partial charge in [-0.2, -0.15) is 0 Å². The highest BCUT2D eigenvalue weighted by Crippen LogP contribution is 2.48. The van der Waals surface area contributed by atoms with Gasteiger partial charge in [-0.1, -0.05) is 12.1 Å². The summed E-state index contributed by atoms with van der Waals surface area (Å²) in [5.41, 5.74) is 1.58. The van der Waals surface area contributed by atoms with Crippen LogP contribution in [-0.2, 0) is 11.3 Å². The van der Waals surface area contributed by atoms with Crippen LogP contribution in [0.4, 0.5) is 0 Å². The molecule has 1 fully saturated rings. The molecule has 0 heterocycles. The average molecular weight is 333 g/mol. The fourth-order valence-corrected chi connectivity index (χ4v) is 2.64. The Morgan fingerprint density at radius 1 is 1.17 bits per heavy atom. The summed E-state index contributed by atoms with van der Waals surface area (Å²) in [4.78, 5) is 4.69. The van der Waals surface area contributed by atoms with Crippen molar-refractivity contribution in [1.82, 2.24) is 10.6 Å². The van der Waals surface area contributed by atoms with Crippen LogP contribution in [0.3, 0.4) is 0 Å². The number of hydrogen-bond acceptors (Lipinski definition) is 3. The van der Waals surface area contributed by atoms with Crippen molar-refractivity contribution >= 4 is 5.96 Å². The molecule has 1 saturated carbocycles. The van der Waals surface area contributed by atoms with Crippen molar-refractivity contribution < 1.29 is 9.47 Å². The minimum absolute atomic E-state index is 0.408. The van der Waals surface area contributed by atoms with Crippen molar-refractivity contribution in [3.8, 4) is 5.75 Å². The van der Waals surface area contributed by atoms with Crippen LogP contribution in [-0.4, -0.2) is 39.4 Å². The second-order valence-electron chi connectivity index (χ2n) is 6.34. The minimum Gasteiger partial charge on any atom is -0.497 e. The molecule has 2 N–H and O–H groups in total. The molecule has 1 aliphatic rings. The number of nitrogens with one attached hydrogen (secondary N) is 2. The molecule has 5 heteroatoms. The van der Waals surface area contributed by atoms with E-state index in [2.05, 4.69) is 34.7 Å². The lowest BCUT2D eigenvalue weighted by Crippen LogP contribution is -2.40. The van der Waals surface area contributed by atoms with E-state index in [9.17, 15) is 0 Å². The van der Waals surface area contributed by atoms with Crippen LogP contribution in [0.2, 0.25) is 0 Å². The highest BCUT2D eigenvalue weighted by Gasteiger charge is 2.41. The van der Waals surface area contributed by atoms with Gasteiger partial charge in [0.05, 0.1) is 13.7 Å². The fourth-order valence-electron chi connectivity index (χ4n) is 2.64. The van der Waals surface area contributed by atoms with E-state index in [1.165, 1.54) is 18.4 Å². The Kier molecular flexibility index (Phi) is 7.37. The number of rotatable bonds is 10. The molecule has 0 saturated heterocycles. The smallest absolute Gasteiger partial charge is 0.191 e. The predicted molar refractivity (Wildman–Crippen MR) is 98.6 cm³/mol. The van der Waals surface area contributed by atoms with Crippen molar-refractivity contribution in [3.63, 3.8) is 0 Å². The van der Waals surface area contributed by atoms with E-state index in [4.69, 9.17) is 9.47 Å². The van der Waals surface area contributed by atoms with E-state index in [0.717, 1.165) is 44.4 Å². The van der Waals surface area contributed by atoms with E-state index < -0.39 is 0 Å². The van der Waals surface area contributed by atoms with Crippen LogP contribution in [0.1, 0.15) is 38.7 Å². The van der Waals surface area contributed by atoms with Gasteiger partial charge in [-0.25, -0.2) is 4.99 Å². The average Bonchev–Trinajstić information content (AvgIpc) is 3.38. The third-order valence-electron chi connectivity index (χ3n) is 4.49. The molecule has 0 bridgehead atoms. The fraction of sp³-hybridized carbons (Fsp3) is 0.632. The summed E-state index contributed by atoms with van der Waals surface area (Å²) < 4.78 is 10.7. The van der Waals surface area contributed by atoms with Crippen molar-refractivity contribution in [2.24, 2.45) is 10.4 Å². The SMILES string of the molecule is CCNC(=NCc1ccc(OC)cc1)NCC1(CCOCC)CC1. The van der Waals surface area contributed by atoms with Gasteiger partial charge in [0, 0.05) is 26.3 Å². The molecule has 2 rings (SSSR count). The molecule has 1 aromatic carbocycles. The van der Waals surface area contributed by atoms with Crippen LogP contribution in [0, 0.1) is 5.41 Å². The van der Waals surface area contributed by atoms with E-state index in [1.807, 2.05) is 19.1 Å². The van der Waals surface area contributed by atoms with Gasteiger partial charge in [0.15, 0.2) is 5.96 Å². The van der Waals surface area contributed by atoms with Crippen LogP contribution >= 0.6 is 0 Å². The Hall–Kier alpha value is -1.75. The van der Waals surface area contributed by atoms with E-state index in [-0.39, 0.29) is 0 Å². The molecule has 0 atom stereocenters. The summed E-state index contributed by atoms with van der Waals surface area (Å²) in [7, 11) is 1.68. The van der Waals surface area contributed by atoms with Gasteiger partial charge in [-0.3, -0.25) is 0 Å². The van der Waals surface area contributed by atoms with Crippen LogP contribution in [0.15, 0.2) is 29.3 Å². The zero-order valence-electron chi connectivity index (χ0n) is 15.2. The highest BCUT2D eigenvalue weighted by atomic mass is 16.5. The number of guanidine groups is 1. The quantitative estimate of drug-likeness (QED) is 0.393. The van der Waals surface area contributed by atoms with Gasteiger partial charge in [0.25, 0.3) is 0 Å². The van der Waals surface area contributed by atoms with Crippen LogP contribution < -0.4 is 15.4 Å². The Balaban J connectivity index is 1.84. The van der Waals surface area contributed by atoms with Gasteiger partial charge in [0.1, 0.15) is 5.75 Å². The molecule has 0 spiro atoms. The molecular weight excluding hydrogens is 302 g/mol. The highest BCUT2D eigenvalue weighted by molar-refractivity contribution is 5.79. The summed E-state index contributed by atoms with van der Waals surface area (Å²) in [5.74, 6) is 1.76. The maximum Gasteiger partial charge on any atom is 0.191 e. The predicted octanol–water partition coefficient (Wildman–Crippen LogP) is 2.96. The maximum atomic E-state index is 5.50. The first kappa shape index (κ1) is 18.6. The van der Waals surface area contributed by atoms with Crippen LogP contribution in [0.25, 0.3) is 0 Å². The zero-order valence-corrected chi connectivity index (χ0v) is 15.2. The largest absolute Gasteiger partial charge is 0.497 e. The number of nitrogens with zero attached hydrogens (tertiary/aromatic N) is 1. The standard InChI is InChI=1S/C19H31N3O2/c1-4-20-18(21-14-16-6-8-17(23-3)9-7-16)22-15-19(10-11-19)12-13-24-5-2/h6-9H,4-5,10-15H2,1-3H3,(H2,20,21,22). The maximum absolute atomic E-state index is 5.50. The Morgan fingerprint density at radius 3 is 2.50 bits per heavy atom. The van der Waals surface area contributed by atoms with Crippen molar-refractivity contribution in [2.45, 2.75) is 39.7 Å². The molecule has 0 amide bonds. The van der Waals surface area contributed by atoms with Crippen molar-refractivity contribution in [1.29, 1.82) is 0 Å². The second kappa shape index (κ2) is 9.52. The number of methoxy groups -OCH3 is 1. The molecule has 1 aromatic rings. The van der Waals surface area contributed by atoms with Gasteiger partial charge in [-0.05, 0) is 56.2 Å². The van der Waals surface area contributed by atoms with Gasteiger partial charge in [-0.15, -0.1) is 0 Å². The molecule has 0 aromatic heterocycles. The van der Waals surface area contributed by atoms with E-state index >= 15 is 0 Å². The van der Waals surface area contributed by atoms with Gasteiger partial charge >= 0.3 is 0 Å². The number of ether oxygens (including phenoxy) is 2. The van der Waals surface area contributed by atoms with Crippen molar-refractivity contribution in [2.75, 3.05) is 33.4 Å². The molecule has 0 unspecified atom stereocenters. The summed E-state index contributed by atoms with van der Waals surface area (Å²) in [6.45, 7) is 8.28. The molecular formula is C19H31N3O2. The third kappa shape index (κ3) is 6.04. The second-order valence-corrected chi connectivity index (χ2v) is 6.34. The summed E-state index contributed by atoms with van der Waals surface area (Å²) in [6, 6.07) is 8.04. The Morgan fingerprint density at radius 2 is 1.92 bits per heavy atom. The lowest BCUT2D eigenvalue weighted by Gasteiger charge is -2.18. The van der Waals surface area contributed by atoms with Crippen molar-refractivity contribution in [3.05, 3.63) is 29.8 Å². The first-order valence-corrected chi connectivity index (χ1v) is 8.94.